The van der Waals surface area contributed by atoms with Gasteiger partial charge in [0.05, 0.1) is 11.1 Å². The zero-order valence-corrected chi connectivity index (χ0v) is 9.05. The second-order valence-corrected chi connectivity index (χ2v) is 3.57. The highest BCUT2D eigenvalue weighted by atomic mass is 16.1. The average Bonchev–Trinajstić information content (AvgIpc) is 2.38. The number of carbonyl (C=O) groups excluding carboxylic acids is 1. The summed E-state index contributed by atoms with van der Waals surface area (Å²) < 4.78 is 0. The molecule has 1 amide bonds. The summed E-state index contributed by atoms with van der Waals surface area (Å²) in [5, 5.41) is 9.15. The maximum atomic E-state index is 11.2. The largest absolute Gasteiger partial charge is 0.366 e. The summed E-state index contributed by atoms with van der Waals surface area (Å²) >= 11 is 0. The van der Waals surface area contributed by atoms with E-state index in [2.05, 4.69) is 0 Å². The minimum Gasteiger partial charge on any atom is -0.366 e. The summed E-state index contributed by atoms with van der Waals surface area (Å²) in [5.41, 5.74) is 7.45. The molecule has 2 rings (SSSR count). The van der Waals surface area contributed by atoms with Crippen molar-refractivity contribution in [2.45, 2.75) is 0 Å². The van der Waals surface area contributed by atoms with Crippen LogP contribution >= 0.6 is 0 Å². The highest BCUT2D eigenvalue weighted by molar-refractivity contribution is 5.97. The Hall–Kier alpha value is -2.60. The summed E-state index contributed by atoms with van der Waals surface area (Å²) in [7, 11) is 0. The van der Waals surface area contributed by atoms with Crippen molar-refractivity contribution in [1.29, 1.82) is 5.26 Å². The van der Waals surface area contributed by atoms with E-state index >= 15 is 0 Å². The van der Waals surface area contributed by atoms with E-state index < -0.39 is 5.91 Å². The Kier molecular flexibility index (Phi) is 2.89. The molecule has 82 valence electrons. The second-order valence-electron chi connectivity index (χ2n) is 3.57. The average molecular weight is 222 g/mol. The van der Waals surface area contributed by atoms with Crippen molar-refractivity contribution in [2.24, 2.45) is 5.73 Å². The molecule has 17 heavy (non-hydrogen) atoms. The Morgan fingerprint density at radius 2 is 1.76 bits per heavy atom. The van der Waals surface area contributed by atoms with Crippen LogP contribution in [0.5, 0.6) is 0 Å². The van der Waals surface area contributed by atoms with Gasteiger partial charge in [-0.15, -0.1) is 0 Å². The van der Waals surface area contributed by atoms with Crippen molar-refractivity contribution >= 4 is 5.91 Å². The third-order valence-corrected chi connectivity index (χ3v) is 2.53. The highest BCUT2D eigenvalue weighted by Crippen LogP contribution is 2.25. The maximum absolute atomic E-state index is 11.2. The molecule has 3 nitrogen and oxygen atoms in total. The first-order valence-corrected chi connectivity index (χ1v) is 5.12. The van der Waals surface area contributed by atoms with E-state index in [0.717, 1.165) is 11.1 Å². The van der Waals surface area contributed by atoms with Crippen LogP contribution in [0.15, 0.2) is 48.5 Å². The van der Waals surface area contributed by atoms with Gasteiger partial charge in [0.15, 0.2) is 0 Å². The van der Waals surface area contributed by atoms with Gasteiger partial charge in [-0.05, 0) is 11.6 Å². The molecule has 2 aromatic rings. The number of primary amides is 1. The lowest BCUT2D eigenvalue weighted by atomic mass is 9.96. The smallest absolute Gasteiger partial charge is 0.250 e. The molecule has 0 heterocycles. The molecule has 0 saturated carbocycles. The van der Waals surface area contributed by atoms with Gasteiger partial charge in [-0.1, -0.05) is 42.5 Å². The van der Waals surface area contributed by atoms with E-state index in [9.17, 15) is 4.79 Å². The molecule has 0 fully saturated rings. The van der Waals surface area contributed by atoms with Crippen LogP contribution < -0.4 is 5.73 Å². The van der Waals surface area contributed by atoms with Crippen molar-refractivity contribution in [3.63, 3.8) is 0 Å². The SMILES string of the molecule is N#Cc1c(C(N)=O)cccc1-c1ccccc1. The number of amides is 1. The number of hydrogen-bond acceptors (Lipinski definition) is 2. The fourth-order valence-electron chi connectivity index (χ4n) is 1.74. The lowest BCUT2D eigenvalue weighted by Gasteiger charge is -2.06. The molecule has 2 N–H and O–H groups in total. The zero-order chi connectivity index (χ0) is 12.3. The summed E-state index contributed by atoms with van der Waals surface area (Å²) in [5.74, 6) is -0.584. The van der Waals surface area contributed by atoms with Crippen molar-refractivity contribution in [2.75, 3.05) is 0 Å². The topological polar surface area (TPSA) is 66.9 Å². The Bertz CT molecular complexity index is 597. The van der Waals surface area contributed by atoms with Gasteiger partial charge in [0.25, 0.3) is 0 Å². The molecule has 0 aliphatic rings. The van der Waals surface area contributed by atoms with E-state index in [1.807, 2.05) is 36.4 Å². The first kappa shape index (κ1) is 10.9. The van der Waals surface area contributed by atoms with Crippen LogP contribution in [0.3, 0.4) is 0 Å². The highest BCUT2D eigenvalue weighted by Gasteiger charge is 2.12. The van der Waals surface area contributed by atoms with Crippen molar-refractivity contribution in [3.05, 3.63) is 59.7 Å². The Morgan fingerprint density at radius 1 is 1.06 bits per heavy atom. The Labute approximate surface area is 99.1 Å². The molecular weight excluding hydrogens is 212 g/mol. The van der Waals surface area contributed by atoms with Gasteiger partial charge in [-0.25, -0.2) is 0 Å². The normalized spacial score (nSPS) is 9.59. The maximum Gasteiger partial charge on any atom is 0.250 e. The number of nitrogens with two attached hydrogens (primary N) is 1. The summed E-state index contributed by atoms with van der Waals surface area (Å²) in [4.78, 5) is 11.2. The van der Waals surface area contributed by atoms with Gasteiger partial charge in [0, 0.05) is 5.56 Å². The number of nitriles is 1. The second kappa shape index (κ2) is 4.50. The Balaban J connectivity index is 2.68. The van der Waals surface area contributed by atoms with Crippen LogP contribution in [-0.2, 0) is 0 Å². The molecule has 0 aliphatic heterocycles. The summed E-state index contributed by atoms with van der Waals surface area (Å²) in [6.07, 6.45) is 0. The van der Waals surface area contributed by atoms with E-state index in [1.165, 1.54) is 0 Å². The molecule has 3 heteroatoms. The van der Waals surface area contributed by atoms with E-state index in [-0.39, 0.29) is 5.56 Å². The standard InChI is InChI=1S/C14H10N2O/c15-9-13-11(10-5-2-1-3-6-10)7-4-8-12(13)14(16)17/h1-8H,(H2,16,17). The predicted molar refractivity (Wildman–Crippen MR) is 65.1 cm³/mol. The number of benzene rings is 2. The quantitative estimate of drug-likeness (QED) is 0.847. The van der Waals surface area contributed by atoms with Gasteiger partial charge in [0.2, 0.25) is 5.91 Å². The molecule has 0 spiro atoms. The first-order valence-electron chi connectivity index (χ1n) is 5.12. The molecule has 0 unspecified atom stereocenters. The molecular formula is C14H10N2O. The first-order chi connectivity index (χ1) is 8.24. The van der Waals surface area contributed by atoms with Crippen LogP contribution in [-0.4, -0.2) is 5.91 Å². The fourth-order valence-corrected chi connectivity index (χ4v) is 1.74. The van der Waals surface area contributed by atoms with E-state index in [4.69, 9.17) is 11.0 Å². The van der Waals surface area contributed by atoms with Gasteiger partial charge in [0.1, 0.15) is 6.07 Å². The lowest BCUT2D eigenvalue weighted by Crippen LogP contribution is -2.13. The van der Waals surface area contributed by atoms with Crippen LogP contribution in [0.25, 0.3) is 11.1 Å². The van der Waals surface area contributed by atoms with Crippen LogP contribution in [0.1, 0.15) is 15.9 Å². The Morgan fingerprint density at radius 3 is 2.35 bits per heavy atom. The van der Waals surface area contributed by atoms with Gasteiger partial charge in [-0.2, -0.15) is 5.26 Å². The molecule has 0 radical (unpaired) electrons. The van der Waals surface area contributed by atoms with E-state index in [1.54, 1.807) is 18.2 Å². The van der Waals surface area contributed by atoms with Crippen molar-refractivity contribution in [1.82, 2.24) is 0 Å². The van der Waals surface area contributed by atoms with Crippen LogP contribution in [0.2, 0.25) is 0 Å². The van der Waals surface area contributed by atoms with Crippen molar-refractivity contribution < 1.29 is 4.79 Å². The zero-order valence-electron chi connectivity index (χ0n) is 9.05. The number of rotatable bonds is 2. The van der Waals surface area contributed by atoms with Crippen molar-refractivity contribution in [3.8, 4) is 17.2 Å². The number of carbonyl (C=O) groups is 1. The fraction of sp³-hybridized carbons (Fsp3) is 0. The monoisotopic (exact) mass is 222 g/mol. The van der Waals surface area contributed by atoms with E-state index in [0.29, 0.717) is 5.56 Å². The molecule has 0 aliphatic carbocycles. The molecule has 0 saturated heterocycles. The minimum atomic E-state index is -0.584. The van der Waals surface area contributed by atoms with Gasteiger partial charge < -0.3 is 5.73 Å². The number of nitrogens with zero attached hydrogens (tertiary/aromatic N) is 1. The number of hydrogen-bond donors (Lipinski definition) is 1. The third kappa shape index (κ3) is 2.01. The third-order valence-electron chi connectivity index (χ3n) is 2.53. The van der Waals surface area contributed by atoms with Crippen LogP contribution in [0.4, 0.5) is 0 Å². The summed E-state index contributed by atoms with van der Waals surface area (Å²) in [6.45, 7) is 0. The minimum absolute atomic E-state index is 0.258. The van der Waals surface area contributed by atoms with Gasteiger partial charge >= 0.3 is 0 Å². The molecule has 0 atom stereocenters. The predicted octanol–water partition coefficient (Wildman–Crippen LogP) is 2.32. The van der Waals surface area contributed by atoms with Crippen LogP contribution in [0, 0.1) is 11.3 Å². The molecule has 0 bridgehead atoms. The summed E-state index contributed by atoms with van der Waals surface area (Å²) in [6, 6.07) is 16.6. The van der Waals surface area contributed by atoms with Gasteiger partial charge in [-0.3, -0.25) is 4.79 Å². The molecule has 2 aromatic carbocycles. The molecule has 0 aromatic heterocycles. The lowest BCUT2D eigenvalue weighted by molar-refractivity contribution is 0.1000.